The van der Waals surface area contributed by atoms with Gasteiger partial charge >= 0.3 is 0 Å². The third-order valence-corrected chi connectivity index (χ3v) is 7.12. The summed E-state index contributed by atoms with van der Waals surface area (Å²) in [5.41, 5.74) is 1.09. The lowest BCUT2D eigenvalue weighted by Gasteiger charge is -2.31. The van der Waals surface area contributed by atoms with Crippen molar-refractivity contribution in [2.75, 3.05) is 5.75 Å². The van der Waals surface area contributed by atoms with Gasteiger partial charge < -0.3 is 10.2 Å². The second-order valence-corrected chi connectivity index (χ2v) is 9.08. The van der Waals surface area contributed by atoms with E-state index in [1.54, 1.807) is 11.8 Å². The van der Waals surface area contributed by atoms with E-state index in [1.165, 1.54) is 0 Å². The molecule has 1 aliphatic carbocycles. The number of benzene rings is 1. The van der Waals surface area contributed by atoms with E-state index >= 15 is 0 Å². The number of hydrogen-bond acceptors (Lipinski definition) is 3. The summed E-state index contributed by atoms with van der Waals surface area (Å²) in [5, 5.41) is 3.92. The van der Waals surface area contributed by atoms with E-state index in [0.29, 0.717) is 23.1 Å². The minimum atomic E-state index is -0.344. The Bertz CT molecular complexity index is 676. The summed E-state index contributed by atoms with van der Waals surface area (Å²) in [6.07, 6.45) is 3.65. The van der Waals surface area contributed by atoms with Crippen molar-refractivity contribution in [1.29, 1.82) is 0 Å². The molecule has 1 N–H and O–H groups in total. The fourth-order valence-electron chi connectivity index (χ4n) is 3.84. The van der Waals surface area contributed by atoms with Crippen molar-refractivity contribution >= 4 is 35.2 Å². The van der Waals surface area contributed by atoms with E-state index in [2.05, 4.69) is 12.2 Å². The van der Waals surface area contributed by atoms with Crippen molar-refractivity contribution in [3.8, 4) is 0 Å². The predicted octanol–water partition coefficient (Wildman–Crippen LogP) is 3.36. The van der Waals surface area contributed by atoms with Crippen molar-refractivity contribution in [2.45, 2.75) is 49.6 Å². The summed E-state index contributed by atoms with van der Waals surface area (Å²) in [6.45, 7) is 2.08. The topological polar surface area (TPSA) is 49.4 Å². The molecule has 0 radical (unpaired) electrons. The average molecular weight is 365 g/mol. The molecule has 0 unspecified atom stereocenters. The number of nitrogens with zero attached hydrogens (tertiary/aromatic N) is 1. The largest absolute Gasteiger partial charge is 0.347 e. The van der Waals surface area contributed by atoms with Crippen LogP contribution in [0.5, 0.6) is 0 Å². The normalized spacial score (nSPS) is 30.3. The maximum Gasteiger partial charge on any atom is 0.244 e. The standard InChI is InChI=1S/C18H21ClN2O2S/c1-18-9-8-15(22)21(18)14(10-24-18)17(23)20-16(11-2-3-11)12-4-6-13(19)7-5-12/h4-7,11,14,16H,2-3,8-10H2,1H3,(H,20,23)/t14-,16-,18+/m1/s1. The van der Waals surface area contributed by atoms with Crippen molar-refractivity contribution in [2.24, 2.45) is 5.92 Å². The van der Waals surface area contributed by atoms with Crippen LogP contribution in [-0.2, 0) is 9.59 Å². The number of carbonyl (C=O) groups is 2. The minimum absolute atomic E-state index is 0.0179. The molecule has 1 aromatic rings. The van der Waals surface area contributed by atoms with Crippen LogP contribution in [0.1, 0.15) is 44.2 Å². The first-order chi connectivity index (χ1) is 11.5. The number of rotatable bonds is 4. The molecule has 2 heterocycles. The summed E-state index contributed by atoms with van der Waals surface area (Å²) in [6, 6.07) is 7.38. The molecule has 4 nitrogen and oxygen atoms in total. The van der Waals surface area contributed by atoms with Gasteiger partial charge in [0.1, 0.15) is 6.04 Å². The first kappa shape index (κ1) is 16.3. The molecular formula is C18H21ClN2O2S. The maximum atomic E-state index is 12.9. The Balaban J connectivity index is 1.52. The molecule has 1 saturated carbocycles. The first-order valence-electron chi connectivity index (χ1n) is 8.50. The molecule has 3 aliphatic rings. The molecule has 6 heteroatoms. The van der Waals surface area contributed by atoms with Crippen LogP contribution in [0.25, 0.3) is 0 Å². The van der Waals surface area contributed by atoms with Crippen molar-refractivity contribution < 1.29 is 9.59 Å². The Morgan fingerprint density at radius 2 is 2.08 bits per heavy atom. The fraction of sp³-hybridized carbons (Fsp3) is 0.556. The molecule has 0 bridgehead atoms. The maximum absolute atomic E-state index is 12.9. The van der Waals surface area contributed by atoms with Gasteiger partial charge in [0.2, 0.25) is 11.8 Å². The van der Waals surface area contributed by atoms with Crippen LogP contribution in [-0.4, -0.2) is 33.4 Å². The summed E-state index contributed by atoms with van der Waals surface area (Å²) in [7, 11) is 0. The van der Waals surface area contributed by atoms with Crippen LogP contribution in [0.15, 0.2) is 24.3 Å². The summed E-state index contributed by atoms with van der Waals surface area (Å²) >= 11 is 7.71. The van der Waals surface area contributed by atoms with Crippen LogP contribution in [0, 0.1) is 5.92 Å². The lowest BCUT2D eigenvalue weighted by atomic mass is 10.0. The zero-order chi connectivity index (χ0) is 16.9. The van der Waals surface area contributed by atoms with Crippen LogP contribution in [0.3, 0.4) is 0 Å². The van der Waals surface area contributed by atoms with Gasteiger partial charge in [-0.15, -0.1) is 11.8 Å². The highest BCUT2D eigenvalue weighted by atomic mass is 35.5. The molecule has 3 atom stereocenters. The molecule has 0 spiro atoms. The van der Waals surface area contributed by atoms with Crippen molar-refractivity contribution in [3.63, 3.8) is 0 Å². The number of hydrogen-bond donors (Lipinski definition) is 1. The predicted molar refractivity (Wildman–Crippen MR) is 95.8 cm³/mol. The Kier molecular flexibility index (Phi) is 4.04. The van der Waals surface area contributed by atoms with E-state index in [4.69, 9.17) is 11.6 Å². The molecule has 2 aliphatic heterocycles. The van der Waals surface area contributed by atoms with Crippen LogP contribution in [0.4, 0.5) is 0 Å². The van der Waals surface area contributed by atoms with Gasteiger partial charge in [-0.2, -0.15) is 0 Å². The number of fused-ring (bicyclic) bond motifs is 1. The monoisotopic (exact) mass is 364 g/mol. The van der Waals surface area contributed by atoms with Crippen molar-refractivity contribution in [1.82, 2.24) is 10.2 Å². The second-order valence-electron chi connectivity index (χ2n) is 7.14. The number of carbonyl (C=O) groups excluding carboxylic acids is 2. The quantitative estimate of drug-likeness (QED) is 0.891. The molecule has 2 saturated heterocycles. The van der Waals surface area contributed by atoms with E-state index in [-0.39, 0.29) is 28.8 Å². The Labute approximate surface area is 151 Å². The van der Waals surface area contributed by atoms with Crippen LogP contribution in [0.2, 0.25) is 5.02 Å². The van der Waals surface area contributed by atoms with Gasteiger partial charge in [0.05, 0.1) is 10.9 Å². The summed E-state index contributed by atoms with van der Waals surface area (Å²) in [4.78, 5) is 26.8. The van der Waals surface area contributed by atoms with Gasteiger partial charge in [0.15, 0.2) is 0 Å². The molecular weight excluding hydrogens is 344 g/mol. The number of halogens is 1. The SMILES string of the molecule is C[C@]12CCC(=O)N1[C@@H](C(=O)N[C@@H](c1ccc(Cl)cc1)C1CC1)CS2. The Morgan fingerprint density at radius 1 is 1.38 bits per heavy atom. The third kappa shape index (κ3) is 2.82. The van der Waals surface area contributed by atoms with E-state index in [1.807, 2.05) is 29.2 Å². The fourth-order valence-corrected chi connectivity index (χ4v) is 5.40. The molecule has 0 aromatic heterocycles. The molecule has 3 fully saturated rings. The van der Waals surface area contributed by atoms with E-state index in [9.17, 15) is 9.59 Å². The van der Waals surface area contributed by atoms with Crippen molar-refractivity contribution in [3.05, 3.63) is 34.9 Å². The highest BCUT2D eigenvalue weighted by Crippen LogP contribution is 2.48. The summed E-state index contributed by atoms with van der Waals surface area (Å²) < 4.78 is 0. The van der Waals surface area contributed by atoms with Gasteiger partial charge in [-0.25, -0.2) is 0 Å². The minimum Gasteiger partial charge on any atom is -0.347 e. The van der Waals surface area contributed by atoms with Gasteiger partial charge in [0, 0.05) is 17.2 Å². The van der Waals surface area contributed by atoms with Crippen LogP contribution < -0.4 is 5.32 Å². The Morgan fingerprint density at radius 3 is 2.75 bits per heavy atom. The van der Waals surface area contributed by atoms with E-state index < -0.39 is 0 Å². The first-order valence-corrected chi connectivity index (χ1v) is 9.86. The van der Waals surface area contributed by atoms with Gasteiger partial charge in [-0.3, -0.25) is 9.59 Å². The number of amides is 2. The Hall–Kier alpha value is -1.20. The molecule has 1 aromatic carbocycles. The highest BCUT2D eigenvalue weighted by molar-refractivity contribution is 8.01. The second kappa shape index (κ2) is 5.95. The van der Waals surface area contributed by atoms with E-state index in [0.717, 1.165) is 24.8 Å². The average Bonchev–Trinajstić information content (AvgIpc) is 3.28. The lowest BCUT2D eigenvalue weighted by Crippen LogP contribution is -2.50. The number of nitrogens with one attached hydrogen (secondary N) is 1. The highest BCUT2D eigenvalue weighted by Gasteiger charge is 2.53. The molecule has 128 valence electrons. The van der Waals surface area contributed by atoms with Gasteiger partial charge in [-0.05, 0) is 49.8 Å². The molecule has 24 heavy (non-hydrogen) atoms. The number of thioether (sulfide) groups is 1. The lowest BCUT2D eigenvalue weighted by molar-refractivity contribution is -0.138. The summed E-state index contributed by atoms with van der Waals surface area (Å²) in [5.74, 6) is 1.27. The zero-order valence-electron chi connectivity index (χ0n) is 13.6. The molecule has 2 amide bonds. The van der Waals surface area contributed by atoms with Gasteiger partial charge in [0.25, 0.3) is 0 Å². The van der Waals surface area contributed by atoms with Gasteiger partial charge in [-0.1, -0.05) is 23.7 Å². The molecule has 4 rings (SSSR count). The zero-order valence-corrected chi connectivity index (χ0v) is 15.2. The third-order valence-electron chi connectivity index (χ3n) is 5.37. The smallest absolute Gasteiger partial charge is 0.244 e. The van der Waals surface area contributed by atoms with Crippen LogP contribution >= 0.6 is 23.4 Å².